The topological polar surface area (TPSA) is 109 Å². The maximum atomic E-state index is 13.5. The first-order valence-electron chi connectivity index (χ1n) is 11.1. The van der Waals surface area contributed by atoms with Crippen LogP contribution in [-0.4, -0.2) is 41.1 Å². The van der Waals surface area contributed by atoms with Gasteiger partial charge in [0, 0.05) is 5.56 Å². The number of hydrogen-bond donors (Lipinski definition) is 2. The standard InChI is InChI=1S/C27H21BrN2O6S/c1-13-7-8-18-20(9-13)37-27(29-18)30-22(15-11-17(28)24(32)19(12-15)36-3)21(25(33)26(30)34)23(31)14-5-4-6-16(10-14)35-2/h4-12,22,31-32H,1-3H3/b23-21+. The molecule has 1 saturated heterocycles. The number of phenols is 1. The van der Waals surface area contributed by atoms with Gasteiger partial charge in [-0.2, -0.15) is 0 Å². The number of aryl methyl sites for hydroxylation is 1. The number of aliphatic hydroxyl groups excluding tert-OH is 1. The molecule has 1 amide bonds. The Labute approximate surface area is 224 Å². The predicted molar refractivity (Wildman–Crippen MR) is 144 cm³/mol. The molecule has 1 atom stereocenters. The number of carbonyl (C=O) groups excluding carboxylic acids is 2. The molecule has 3 aromatic carbocycles. The van der Waals surface area contributed by atoms with Gasteiger partial charge in [0.2, 0.25) is 0 Å². The van der Waals surface area contributed by atoms with Crippen molar-refractivity contribution < 1.29 is 29.3 Å². The second-order valence-electron chi connectivity index (χ2n) is 8.42. The molecule has 1 fully saturated rings. The van der Waals surface area contributed by atoms with Crippen molar-refractivity contribution in [3.63, 3.8) is 0 Å². The van der Waals surface area contributed by atoms with Crippen molar-refractivity contribution in [2.24, 2.45) is 0 Å². The molecule has 0 aliphatic carbocycles. The number of ether oxygens (including phenoxy) is 2. The highest BCUT2D eigenvalue weighted by atomic mass is 79.9. The Bertz CT molecular complexity index is 1610. The van der Waals surface area contributed by atoms with E-state index in [2.05, 4.69) is 20.9 Å². The molecular formula is C27H21BrN2O6S. The van der Waals surface area contributed by atoms with Crippen molar-refractivity contribution in [3.8, 4) is 17.2 Å². The van der Waals surface area contributed by atoms with Crippen molar-refractivity contribution in [1.82, 2.24) is 4.98 Å². The number of fused-ring (bicyclic) bond motifs is 1. The Balaban J connectivity index is 1.77. The van der Waals surface area contributed by atoms with Crippen molar-refractivity contribution >= 4 is 60.1 Å². The summed E-state index contributed by atoms with van der Waals surface area (Å²) in [4.78, 5) is 32.9. The van der Waals surface area contributed by atoms with E-state index in [0.29, 0.717) is 32.0 Å². The van der Waals surface area contributed by atoms with E-state index < -0.39 is 17.7 Å². The molecule has 188 valence electrons. The van der Waals surface area contributed by atoms with Crippen molar-refractivity contribution in [3.05, 3.63) is 81.3 Å². The number of halogens is 1. The van der Waals surface area contributed by atoms with Crippen LogP contribution >= 0.6 is 27.3 Å². The first-order chi connectivity index (χ1) is 17.7. The number of carbonyl (C=O) groups is 2. The summed E-state index contributed by atoms with van der Waals surface area (Å²) in [6, 6.07) is 14.4. The predicted octanol–water partition coefficient (Wildman–Crippen LogP) is 5.72. The summed E-state index contributed by atoms with van der Waals surface area (Å²) in [6.07, 6.45) is 0. The van der Waals surface area contributed by atoms with Crippen LogP contribution in [0, 0.1) is 6.92 Å². The third-order valence-electron chi connectivity index (χ3n) is 6.11. The largest absolute Gasteiger partial charge is 0.507 e. The van der Waals surface area contributed by atoms with Gasteiger partial charge in [0.1, 0.15) is 11.5 Å². The lowest BCUT2D eigenvalue weighted by Crippen LogP contribution is -2.29. The van der Waals surface area contributed by atoms with Gasteiger partial charge in [-0.1, -0.05) is 29.5 Å². The fourth-order valence-electron chi connectivity index (χ4n) is 4.30. The summed E-state index contributed by atoms with van der Waals surface area (Å²) in [5.74, 6) is -1.56. The van der Waals surface area contributed by atoms with Gasteiger partial charge >= 0.3 is 5.91 Å². The number of rotatable bonds is 5. The number of benzene rings is 3. The minimum absolute atomic E-state index is 0.117. The summed E-state index contributed by atoms with van der Waals surface area (Å²) in [6.45, 7) is 1.96. The number of methoxy groups -OCH3 is 2. The number of hydrogen-bond acceptors (Lipinski definition) is 8. The zero-order valence-electron chi connectivity index (χ0n) is 20.0. The molecule has 1 aromatic heterocycles. The normalized spacial score (nSPS) is 17.0. The summed E-state index contributed by atoms with van der Waals surface area (Å²) >= 11 is 4.59. The van der Waals surface area contributed by atoms with Crippen molar-refractivity contribution in [2.75, 3.05) is 19.1 Å². The van der Waals surface area contributed by atoms with Gasteiger partial charge in [0.25, 0.3) is 5.78 Å². The lowest BCUT2D eigenvalue weighted by Gasteiger charge is -2.24. The number of amides is 1. The van der Waals surface area contributed by atoms with Crippen molar-refractivity contribution in [2.45, 2.75) is 13.0 Å². The highest BCUT2D eigenvalue weighted by Crippen LogP contribution is 2.47. The quantitative estimate of drug-likeness (QED) is 0.176. The molecule has 0 bridgehead atoms. The number of thiazole rings is 1. The molecule has 10 heteroatoms. The van der Waals surface area contributed by atoms with Crippen LogP contribution < -0.4 is 14.4 Å². The molecule has 5 rings (SSSR count). The zero-order chi connectivity index (χ0) is 26.4. The fourth-order valence-corrected chi connectivity index (χ4v) is 5.85. The molecule has 0 saturated carbocycles. The molecule has 4 aromatic rings. The summed E-state index contributed by atoms with van der Waals surface area (Å²) in [5, 5.41) is 22.1. The lowest BCUT2D eigenvalue weighted by molar-refractivity contribution is -0.132. The van der Waals surface area contributed by atoms with E-state index in [1.807, 2.05) is 25.1 Å². The lowest BCUT2D eigenvalue weighted by atomic mass is 9.95. The van der Waals surface area contributed by atoms with E-state index >= 15 is 0 Å². The molecule has 0 spiro atoms. The first-order valence-corrected chi connectivity index (χ1v) is 12.7. The SMILES string of the molecule is COc1cccc(/C(O)=C2\C(=O)C(=O)N(c3nc4ccc(C)cc4s3)C2c2cc(Br)c(O)c(OC)c2)c1. The van der Waals surface area contributed by atoms with Crippen molar-refractivity contribution in [1.29, 1.82) is 0 Å². The molecule has 1 aliphatic heterocycles. The van der Waals surface area contributed by atoms with E-state index in [1.54, 1.807) is 30.3 Å². The van der Waals surface area contributed by atoms with Crippen LogP contribution in [0.3, 0.4) is 0 Å². The van der Waals surface area contributed by atoms with Gasteiger partial charge in [-0.05, 0) is 70.4 Å². The Kier molecular flexibility index (Phi) is 6.38. The minimum Gasteiger partial charge on any atom is -0.507 e. The average Bonchev–Trinajstić information content (AvgIpc) is 3.42. The number of aliphatic hydroxyl groups is 1. The molecular weight excluding hydrogens is 560 g/mol. The van der Waals surface area contributed by atoms with Gasteiger partial charge in [-0.25, -0.2) is 4.98 Å². The number of aromatic nitrogens is 1. The van der Waals surface area contributed by atoms with Gasteiger partial charge in [-0.15, -0.1) is 0 Å². The maximum absolute atomic E-state index is 13.5. The van der Waals surface area contributed by atoms with Gasteiger partial charge in [0.05, 0.1) is 40.5 Å². The summed E-state index contributed by atoms with van der Waals surface area (Å²) in [5.41, 5.74) is 2.34. The zero-order valence-corrected chi connectivity index (χ0v) is 22.4. The number of phenolic OH excluding ortho intramolecular Hbond substituents is 1. The van der Waals surface area contributed by atoms with Crippen LogP contribution in [0.5, 0.6) is 17.2 Å². The first kappa shape index (κ1) is 24.8. The van der Waals surface area contributed by atoms with E-state index in [4.69, 9.17) is 9.47 Å². The fraction of sp³-hybridized carbons (Fsp3) is 0.148. The minimum atomic E-state index is -1.04. The van der Waals surface area contributed by atoms with Gasteiger partial charge < -0.3 is 19.7 Å². The highest BCUT2D eigenvalue weighted by molar-refractivity contribution is 9.10. The number of anilines is 1. The summed E-state index contributed by atoms with van der Waals surface area (Å²) in [7, 11) is 2.89. The van der Waals surface area contributed by atoms with E-state index in [9.17, 15) is 19.8 Å². The second kappa shape index (κ2) is 9.53. The third kappa shape index (κ3) is 4.21. The highest BCUT2D eigenvalue weighted by Gasteiger charge is 2.48. The second-order valence-corrected chi connectivity index (χ2v) is 10.3. The molecule has 0 radical (unpaired) electrons. The van der Waals surface area contributed by atoms with Crippen LogP contribution in [0.25, 0.3) is 16.0 Å². The monoisotopic (exact) mass is 580 g/mol. The number of Topliss-reactive ketones (excluding diaryl/α,β-unsaturated/α-hetero) is 1. The average molecular weight is 581 g/mol. The molecule has 37 heavy (non-hydrogen) atoms. The van der Waals surface area contributed by atoms with E-state index in [0.717, 1.165) is 10.3 Å². The number of ketones is 1. The Morgan fingerprint density at radius 3 is 2.59 bits per heavy atom. The molecule has 2 N–H and O–H groups in total. The molecule has 8 nitrogen and oxygen atoms in total. The van der Waals surface area contributed by atoms with Crippen LogP contribution in [0.2, 0.25) is 0 Å². The van der Waals surface area contributed by atoms with Gasteiger partial charge in [0.15, 0.2) is 16.6 Å². The third-order valence-corrected chi connectivity index (χ3v) is 7.73. The van der Waals surface area contributed by atoms with E-state index in [1.165, 1.54) is 36.5 Å². The smallest absolute Gasteiger partial charge is 0.301 e. The summed E-state index contributed by atoms with van der Waals surface area (Å²) < 4.78 is 11.7. The van der Waals surface area contributed by atoms with E-state index in [-0.39, 0.29) is 22.8 Å². The Morgan fingerprint density at radius 2 is 1.86 bits per heavy atom. The van der Waals surface area contributed by atoms with Crippen LogP contribution in [0.1, 0.15) is 22.7 Å². The number of nitrogens with zero attached hydrogens (tertiary/aromatic N) is 2. The van der Waals surface area contributed by atoms with Crippen LogP contribution in [-0.2, 0) is 9.59 Å². The van der Waals surface area contributed by atoms with Crippen LogP contribution in [0.4, 0.5) is 5.13 Å². The number of aromatic hydroxyl groups is 1. The molecule has 1 unspecified atom stereocenters. The Morgan fingerprint density at radius 1 is 1.08 bits per heavy atom. The van der Waals surface area contributed by atoms with Crippen LogP contribution in [0.15, 0.2) is 64.6 Å². The van der Waals surface area contributed by atoms with Gasteiger partial charge in [-0.3, -0.25) is 14.5 Å². The molecule has 1 aliphatic rings. The Hall–Kier alpha value is -3.89. The molecule has 2 heterocycles. The maximum Gasteiger partial charge on any atom is 0.301 e.